The zero-order chi connectivity index (χ0) is 10.2. The van der Waals surface area contributed by atoms with E-state index in [4.69, 9.17) is 4.74 Å². The summed E-state index contributed by atoms with van der Waals surface area (Å²) in [7, 11) is 0. The molecule has 3 heteroatoms. The van der Waals surface area contributed by atoms with Crippen LogP contribution in [0.2, 0.25) is 0 Å². The lowest BCUT2D eigenvalue weighted by Gasteiger charge is -2.23. The average molecular weight is 200 g/mol. The minimum Gasteiger partial charge on any atom is -0.374 e. The Morgan fingerprint density at radius 2 is 2.36 bits per heavy atom. The summed E-state index contributed by atoms with van der Waals surface area (Å²) in [4.78, 5) is 0. The van der Waals surface area contributed by atoms with E-state index in [1.807, 2.05) is 0 Å². The number of morpholine rings is 1. The molecule has 3 nitrogen and oxygen atoms in total. The molecule has 1 unspecified atom stereocenters. The van der Waals surface area contributed by atoms with Crippen molar-refractivity contribution in [2.45, 2.75) is 32.8 Å². The molecule has 0 saturated carbocycles. The minimum absolute atomic E-state index is 0.378. The molecule has 0 amide bonds. The lowest BCUT2D eigenvalue weighted by Crippen LogP contribution is -2.44. The zero-order valence-corrected chi connectivity index (χ0v) is 9.51. The monoisotopic (exact) mass is 200 g/mol. The zero-order valence-electron chi connectivity index (χ0n) is 9.51. The van der Waals surface area contributed by atoms with Crippen molar-refractivity contribution in [3.8, 4) is 0 Å². The van der Waals surface area contributed by atoms with Crippen LogP contribution in [0.25, 0.3) is 0 Å². The van der Waals surface area contributed by atoms with Gasteiger partial charge in [-0.2, -0.15) is 0 Å². The summed E-state index contributed by atoms with van der Waals surface area (Å²) in [6.07, 6.45) is 2.97. The molecule has 1 aliphatic rings. The molecule has 84 valence electrons. The van der Waals surface area contributed by atoms with Crippen LogP contribution in [0, 0.1) is 5.92 Å². The molecule has 1 saturated heterocycles. The Balaban J connectivity index is 1.87. The second kappa shape index (κ2) is 7.21. The molecule has 0 aromatic heterocycles. The number of nitrogens with one attached hydrogen (secondary N) is 2. The molecule has 14 heavy (non-hydrogen) atoms. The number of ether oxygens (including phenoxy) is 1. The van der Waals surface area contributed by atoms with Gasteiger partial charge in [0.2, 0.25) is 0 Å². The van der Waals surface area contributed by atoms with E-state index in [1.165, 1.54) is 12.8 Å². The molecule has 1 heterocycles. The van der Waals surface area contributed by atoms with Gasteiger partial charge in [0, 0.05) is 19.6 Å². The molecule has 1 rings (SSSR count). The molecule has 0 aromatic carbocycles. The van der Waals surface area contributed by atoms with Crippen LogP contribution in [0.5, 0.6) is 0 Å². The molecule has 1 aliphatic heterocycles. The van der Waals surface area contributed by atoms with E-state index in [1.54, 1.807) is 0 Å². The summed E-state index contributed by atoms with van der Waals surface area (Å²) in [5, 5.41) is 6.77. The van der Waals surface area contributed by atoms with E-state index in [-0.39, 0.29) is 0 Å². The van der Waals surface area contributed by atoms with Gasteiger partial charge in [-0.3, -0.25) is 0 Å². The Kier molecular flexibility index (Phi) is 6.15. The Hall–Kier alpha value is -0.120. The highest BCUT2D eigenvalue weighted by Gasteiger charge is 2.11. The highest BCUT2D eigenvalue weighted by molar-refractivity contribution is 4.69. The fourth-order valence-electron chi connectivity index (χ4n) is 1.65. The first-order chi connectivity index (χ1) is 6.79. The highest BCUT2D eigenvalue weighted by atomic mass is 16.5. The van der Waals surface area contributed by atoms with Crippen LogP contribution in [-0.4, -0.2) is 38.9 Å². The maximum Gasteiger partial charge on any atom is 0.0824 e. The standard InChI is InChI=1S/C11H24N2O/c1-10(2)4-3-5-12-8-11-9-13-6-7-14-11/h10-13H,3-9H2,1-2H3. The normalized spacial score (nSPS) is 22.9. The molecule has 0 spiro atoms. The van der Waals surface area contributed by atoms with Crippen LogP contribution >= 0.6 is 0 Å². The first kappa shape index (κ1) is 12.0. The predicted molar refractivity (Wildman–Crippen MR) is 59.6 cm³/mol. The fraction of sp³-hybridized carbons (Fsp3) is 1.00. The minimum atomic E-state index is 0.378. The van der Waals surface area contributed by atoms with Gasteiger partial charge in [-0.15, -0.1) is 0 Å². The van der Waals surface area contributed by atoms with Crippen LogP contribution in [0.3, 0.4) is 0 Å². The van der Waals surface area contributed by atoms with Crippen molar-refractivity contribution in [2.24, 2.45) is 5.92 Å². The fourth-order valence-corrected chi connectivity index (χ4v) is 1.65. The first-order valence-electron chi connectivity index (χ1n) is 5.82. The summed E-state index contributed by atoms with van der Waals surface area (Å²) in [6, 6.07) is 0. The van der Waals surface area contributed by atoms with Crippen LogP contribution in [0.1, 0.15) is 26.7 Å². The van der Waals surface area contributed by atoms with Gasteiger partial charge in [-0.25, -0.2) is 0 Å². The smallest absolute Gasteiger partial charge is 0.0824 e. The third kappa shape index (κ3) is 5.58. The largest absolute Gasteiger partial charge is 0.374 e. The van der Waals surface area contributed by atoms with Crippen molar-refractivity contribution in [3.05, 3.63) is 0 Å². The van der Waals surface area contributed by atoms with E-state index in [2.05, 4.69) is 24.5 Å². The van der Waals surface area contributed by atoms with E-state index < -0.39 is 0 Å². The molecular formula is C11H24N2O. The van der Waals surface area contributed by atoms with Crippen LogP contribution in [0.4, 0.5) is 0 Å². The Morgan fingerprint density at radius 1 is 1.50 bits per heavy atom. The number of rotatable bonds is 6. The Bertz CT molecular complexity index is 133. The summed E-state index contributed by atoms with van der Waals surface area (Å²) in [5.41, 5.74) is 0. The van der Waals surface area contributed by atoms with Gasteiger partial charge in [-0.1, -0.05) is 13.8 Å². The average Bonchev–Trinajstić information content (AvgIpc) is 2.18. The van der Waals surface area contributed by atoms with Gasteiger partial charge in [-0.05, 0) is 25.3 Å². The summed E-state index contributed by atoms with van der Waals surface area (Å²) in [5.74, 6) is 0.824. The van der Waals surface area contributed by atoms with E-state index in [9.17, 15) is 0 Å². The third-order valence-electron chi connectivity index (χ3n) is 2.51. The van der Waals surface area contributed by atoms with E-state index >= 15 is 0 Å². The first-order valence-corrected chi connectivity index (χ1v) is 5.82. The highest BCUT2D eigenvalue weighted by Crippen LogP contribution is 2.02. The lowest BCUT2D eigenvalue weighted by molar-refractivity contribution is 0.0293. The van der Waals surface area contributed by atoms with Crippen molar-refractivity contribution in [1.82, 2.24) is 10.6 Å². The second-order valence-corrected chi connectivity index (χ2v) is 4.44. The molecule has 0 radical (unpaired) electrons. The molecular weight excluding hydrogens is 176 g/mol. The second-order valence-electron chi connectivity index (χ2n) is 4.44. The summed E-state index contributed by atoms with van der Waals surface area (Å²) >= 11 is 0. The maximum absolute atomic E-state index is 5.58. The molecule has 0 bridgehead atoms. The van der Waals surface area contributed by atoms with Crippen molar-refractivity contribution >= 4 is 0 Å². The van der Waals surface area contributed by atoms with Crippen molar-refractivity contribution in [3.63, 3.8) is 0 Å². The number of hydrogen-bond acceptors (Lipinski definition) is 3. The number of hydrogen-bond donors (Lipinski definition) is 2. The Labute approximate surface area is 87.6 Å². The maximum atomic E-state index is 5.58. The Morgan fingerprint density at radius 3 is 3.00 bits per heavy atom. The molecule has 2 N–H and O–H groups in total. The van der Waals surface area contributed by atoms with Crippen molar-refractivity contribution in [2.75, 3.05) is 32.8 Å². The molecule has 0 aliphatic carbocycles. The van der Waals surface area contributed by atoms with Gasteiger partial charge in [0.05, 0.1) is 12.7 Å². The SMILES string of the molecule is CC(C)CCCNCC1CNCCO1. The van der Waals surface area contributed by atoms with Gasteiger partial charge in [0.15, 0.2) is 0 Å². The third-order valence-corrected chi connectivity index (χ3v) is 2.51. The summed E-state index contributed by atoms with van der Waals surface area (Å²) < 4.78 is 5.58. The van der Waals surface area contributed by atoms with Gasteiger partial charge < -0.3 is 15.4 Å². The molecule has 0 aromatic rings. The van der Waals surface area contributed by atoms with E-state index in [0.717, 1.165) is 38.7 Å². The van der Waals surface area contributed by atoms with Gasteiger partial charge in [0.1, 0.15) is 0 Å². The predicted octanol–water partition coefficient (Wildman–Crippen LogP) is 1.00. The van der Waals surface area contributed by atoms with Crippen molar-refractivity contribution in [1.29, 1.82) is 0 Å². The van der Waals surface area contributed by atoms with Crippen molar-refractivity contribution < 1.29 is 4.74 Å². The van der Waals surface area contributed by atoms with Crippen LogP contribution in [-0.2, 0) is 4.74 Å². The van der Waals surface area contributed by atoms with Gasteiger partial charge in [0.25, 0.3) is 0 Å². The quantitative estimate of drug-likeness (QED) is 0.628. The van der Waals surface area contributed by atoms with Gasteiger partial charge >= 0.3 is 0 Å². The van der Waals surface area contributed by atoms with Crippen LogP contribution < -0.4 is 10.6 Å². The topological polar surface area (TPSA) is 33.3 Å². The molecule has 1 atom stereocenters. The summed E-state index contributed by atoms with van der Waals surface area (Å²) in [6.45, 7) is 9.52. The van der Waals surface area contributed by atoms with Crippen LogP contribution in [0.15, 0.2) is 0 Å². The molecule has 1 fully saturated rings. The lowest BCUT2D eigenvalue weighted by atomic mass is 10.1. The van der Waals surface area contributed by atoms with E-state index in [0.29, 0.717) is 6.10 Å².